The fourth-order valence-corrected chi connectivity index (χ4v) is 0.961. The summed E-state index contributed by atoms with van der Waals surface area (Å²) in [7, 11) is 0. The van der Waals surface area contributed by atoms with E-state index in [0.29, 0.717) is 0 Å². The second-order valence-electron chi connectivity index (χ2n) is 3.23. The van der Waals surface area contributed by atoms with Gasteiger partial charge in [-0.3, -0.25) is 4.79 Å². The summed E-state index contributed by atoms with van der Waals surface area (Å²) in [5, 5.41) is 53.1. The van der Waals surface area contributed by atoms with Gasteiger partial charge in [0.05, 0.1) is 12.7 Å². The van der Waals surface area contributed by atoms with Crippen LogP contribution in [0.2, 0.25) is 0 Å². The smallest absolute Gasteiger partial charge is 0.372 e. The maximum atomic E-state index is 10.7. The molecule has 16 heavy (non-hydrogen) atoms. The molecule has 0 radical (unpaired) electrons. The molecule has 4 atom stereocenters. The molecular weight excluding hydrogens is 224 g/mol. The highest BCUT2D eigenvalue weighted by molar-refractivity contribution is 6.32. The predicted octanol–water partition coefficient (Wildman–Crippen LogP) is -3.53. The Bertz CT molecular complexity index is 252. The van der Waals surface area contributed by atoms with Crippen LogP contribution in [0, 0.1) is 0 Å². The Labute approximate surface area is 90.4 Å². The number of carbonyl (C=O) groups is 2. The zero-order valence-corrected chi connectivity index (χ0v) is 8.22. The number of aliphatic hydroxyl groups is 5. The fraction of sp³-hybridized carbons (Fsp3) is 0.750. The quantitative estimate of drug-likeness (QED) is 0.249. The minimum atomic E-state index is -1.93. The van der Waals surface area contributed by atoms with Crippen LogP contribution in [-0.2, 0) is 9.59 Å². The molecule has 6 N–H and O–H groups in total. The van der Waals surface area contributed by atoms with E-state index in [1.54, 1.807) is 0 Å². The number of aliphatic carboxylic acids is 1. The standard InChI is InChI=1S/C8H14O8/c9-2-5(12)7(14)6(13)3(10)1-4(11)8(15)16/h3,5-7,9-10,12-14H,1-2H2,(H,15,16). The van der Waals surface area contributed by atoms with E-state index in [1.165, 1.54) is 0 Å². The highest BCUT2D eigenvalue weighted by Crippen LogP contribution is 2.08. The lowest BCUT2D eigenvalue weighted by Gasteiger charge is -2.24. The average Bonchev–Trinajstić information content (AvgIpc) is 2.25. The Morgan fingerprint density at radius 1 is 0.938 bits per heavy atom. The maximum absolute atomic E-state index is 10.7. The van der Waals surface area contributed by atoms with Gasteiger partial charge >= 0.3 is 5.97 Å². The van der Waals surface area contributed by atoms with E-state index in [4.69, 9.17) is 25.5 Å². The van der Waals surface area contributed by atoms with E-state index in [0.717, 1.165) is 0 Å². The van der Waals surface area contributed by atoms with Crippen LogP contribution in [0.15, 0.2) is 0 Å². The Hall–Kier alpha value is -1.06. The first-order chi connectivity index (χ1) is 7.31. The van der Waals surface area contributed by atoms with Gasteiger partial charge in [-0.2, -0.15) is 0 Å². The third-order valence-electron chi connectivity index (χ3n) is 1.96. The monoisotopic (exact) mass is 238 g/mol. The van der Waals surface area contributed by atoms with Gasteiger partial charge in [0.1, 0.15) is 18.3 Å². The molecule has 4 unspecified atom stereocenters. The first kappa shape index (κ1) is 14.9. The third-order valence-corrected chi connectivity index (χ3v) is 1.96. The minimum absolute atomic E-state index is 0.849. The van der Waals surface area contributed by atoms with Gasteiger partial charge in [0.25, 0.3) is 0 Å². The zero-order chi connectivity index (χ0) is 12.9. The molecule has 0 rings (SSSR count). The van der Waals surface area contributed by atoms with Gasteiger partial charge in [-0.1, -0.05) is 0 Å². The molecule has 94 valence electrons. The van der Waals surface area contributed by atoms with Gasteiger partial charge in [0, 0.05) is 6.42 Å². The maximum Gasteiger partial charge on any atom is 0.372 e. The summed E-state index contributed by atoms with van der Waals surface area (Å²) in [4.78, 5) is 20.8. The topological polar surface area (TPSA) is 156 Å². The molecule has 0 aliphatic rings. The molecule has 0 bridgehead atoms. The number of carboxylic acid groups (broad SMARTS) is 1. The number of aliphatic hydroxyl groups excluding tert-OH is 5. The van der Waals surface area contributed by atoms with Crippen LogP contribution in [-0.4, -0.2) is 73.4 Å². The zero-order valence-electron chi connectivity index (χ0n) is 8.22. The summed E-state index contributed by atoms with van der Waals surface area (Å²) in [5.74, 6) is -3.11. The second-order valence-corrected chi connectivity index (χ2v) is 3.23. The van der Waals surface area contributed by atoms with Gasteiger partial charge in [-0.05, 0) is 0 Å². The lowest BCUT2D eigenvalue weighted by Crippen LogP contribution is -2.46. The molecule has 0 spiro atoms. The van der Waals surface area contributed by atoms with Crippen molar-refractivity contribution >= 4 is 11.8 Å². The van der Waals surface area contributed by atoms with Crippen LogP contribution in [0.25, 0.3) is 0 Å². The van der Waals surface area contributed by atoms with Crippen LogP contribution in [0.5, 0.6) is 0 Å². The van der Waals surface area contributed by atoms with Crippen LogP contribution < -0.4 is 0 Å². The van der Waals surface area contributed by atoms with Gasteiger partial charge in [-0.15, -0.1) is 0 Å². The molecule has 0 aliphatic carbocycles. The van der Waals surface area contributed by atoms with Crippen LogP contribution >= 0.6 is 0 Å². The van der Waals surface area contributed by atoms with Crippen molar-refractivity contribution in [3.8, 4) is 0 Å². The van der Waals surface area contributed by atoms with E-state index < -0.39 is 49.2 Å². The minimum Gasteiger partial charge on any atom is -0.475 e. The lowest BCUT2D eigenvalue weighted by atomic mass is 9.99. The van der Waals surface area contributed by atoms with Crippen molar-refractivity contribution in [1.82, 2.24) is 0 Å². The largest absolute Gasteiger partial charge is 0.475 e. The second kappa shape index (κ2) is 6.51. The van der Waals surface area contributed by atoms with Crippen molar-refractivity contribution in [2.24, 2.45) is 0 Å². The molecule has 0 amide bonds. The van der Waals surface area contributed by atoms with Crippen molar-refractivity contribution in [2.45, 2.75) is 30.8 Å². The van der Waals surface area contributed by atoms with E-state index in [1.807, 2.05) is 0 Å². The Morgan fingerprint density at radius 2 is 1.38 bits per heavy atom. The van der Waals surface area contributed by atoms with Crippen LogP contribution in [0.4, 0.5) is 0 Å². The number of rotatable bonds is 7. The van der Waals surface area contributed by atoms with Crippen molar-refractivity contribution in [1.29, 1.82) is 0 Å². The first-order valence-electron chi connectivity index (χ1n) is 4.40. The molecule has 0 aromatic rings. The van der Waals surface area contributed by atoms with Crippen molar-refractivity contribution < 1.29 is 40.2 Å². The van der Waals surface area contributed by atoms with Gasteiger partial charge < -0.3 is 30.6 Å². The number of Topliss-reactive ketones (excluding diaryl/α,β-unsaturated/α-hetero) is 1. The van der Waals surface area contributed by atoms with Crippen molar-refractivity contribution in [3.05, 3.63) is 0 Å². The van der Waals surface area contributed by atoms with Gasteiger partial charge in [-0.25, -0.2) is 4.79 Å². The summed E-state index contributed by atoms with van der Waals surface area (Å²) in [6.45, 7) is -0.849. The normalized spacial score (nSPS) is 18.6. The summed E-state index contributed by atoms with van der Waals surface area (Å²) >= 11 is 0. The predicted molar refractivity (Wildman–Crippen MR) is 48.4 cm³/mol. The summed E-state index contributed by atoms with van der Waals surface area (Å²) in [6, 6.07) is 0. The van der Waals surface area contributed by atoms with Crippen molar-refractivity contribution in [2.75, 3.05) is 6.61 Å². The number of carbonyl (C=O) groups excluding carboxylic acids is 1. The first-order valence-corrected chi connectivity index (χ1v) is 4.40. The average molecular weight is 238 g/mol. The Kier molecular flexibility index (Phi) is 6.08. The summed E-state index contributed by atoms with van der Waals surface area (Å²) in [5.41, 5.74) is 0. The molecule has 0 aromatic heterocycles. The van der Waals surface area contributed by atoms with E-state index in [9.17, 15) is 14.7 Å². The lowest BCUT2D eigenvalue weighted by molar-refractivity contribution is -0.153. The number of hydrogen-bond acceptors (Lipinski definition) is 7. The third kappa shape index (κ3) is 4.21. The number of carboxylic acids is 1. The van der Waals surface area contributed by atoms with Gasteiger partial charge in [0.15, 0.2) is 0 Å². The Morgan fingerprint density at radius 3 is 1.75 bits per heavy atom. The van der Waals surface area contributed by atoms with E-state index >= 15 is 0 Å². The molecule has 0 aliphatic heterocycles. The number of ketones is 1. The molecule has 0 saturated heterocycles. The highest BCUT2D eigenvalue weighted by atomic mass is 16.4. The van der Waals surface area contributed by atoms with Crippen LogP contribution in [0.1, 0.15) is 6.42 Å². The molecule has 0 saturated carbocycles. The summed E-state index contributed by atoms with van der Waals surface area (Å²) < 4.78 is 0. The van der Waals surface area contributed by atoms with Gasteiger partial charge in [0.2, 0.25) is 5.78 Å². The SMILES string of the molecule is O=C(O)C(=O)CC(O)C(O)C(O)C(O)CO. The van der Waals surface area contributed by atoms with Crippen LogP contribution in [0.3, 0.4) is 0 Å². The summed E-state index contributed by atoms with van der Waals surface area (Å²) in [6.07, 6.45) is -8.22. The molecule has 0 fully saturated rings. The number of hydrogen-bond donors (Lipinski definition) is 6. The van der Waals surface area contributed by atoms with Crippen molar-refractivity contribution in [3.63, 3.8) is 0 Å². The molecule has 0 heterocycles. The molecular formula is C8H14O8. The van der Waals surface area contributed by atoms with E-state index in [-0.39, 0.29) is 0 Å². The molecule has 8 nitrogen and oxygen atoms in total. The molecule has 8 heteroatoms. The molecule has 0 aromatic carbocycles. The highest BCUT2D eigenvalue weighted by Gasteiger charge is 2.32. The fourth-order valence-electron chi connectivity index (χ4n) is 0.961. The Balaban J connectivity index is 4.32. The van der Waals surface area contributed by atoms with E-state index in [2.05, 4.69) is 0 Å².